The maximum absolute atomic E-state index is 14.1. The highest BCUT2D eigenvalue weighted by molar-refractivity contribution is 7.80. The summed E-state index contributed by atoms with van der Waals surface area (Å²) in [4.78, 5) is 42.3. The van der Waals surface area contributed by atoms with E-state index in [-0.39, 0.29) is 17.6 Å². The fraction of sp³-hybridized carbons (Fsp3) is 0.516. The number of carbonyl (C=O) groups excluding carboxylic acids is 3. The van der Waals surface area contributed by atoms with E-state index in [0.717, 1.165) is 46.3 Å². The molecule has 0 aliphatic heterocycles. The molecular weight excluding hydrogens is 510 g/mol. The van der Waals surface area contributed by atoms with E-state index in [1.54, 1.807) is 25.7 Å². The molecule has 0 fully saturated rings. The predicted molar refractivity (Wildman–Crippen MR) is 161 cm³/mol. The number of carbonyl (C=O) groups is 3. The minimum absolute atomic E-state index is 0.0560. The number of ether oxygens (including phenoxy) is 1. The number of amides is 3. The van der Waals surface area contributed by atoms with Crippen molar-refractivity contribution in [2.75, 3.05) is 17.6 Å². The summed E-state index contributed by atoms with van der Waals surface area (Å²) in [6.07, 6.45) is 1.86. The molecule has 8 heteroatoms. The average Bonchev–Trinajstić information content (AvgIpc) is 2.82. The van der Waals surface area contributed by atoms with E-state index in [2.05, 4.69) is 30.2 Å². The number of nitrogens with zero attached hydrogens (tertiary/aromatic N) is 1. The largest absolute Gasteiger partial charge is 0.444 e. The molecule has 0 aliphatic carbocycles. The van der Waals surface area contributed by atoms with E-state index < -0.39 is 23.8 Å². The first kappa shape index (κ1) is 32.2. The second-order valence-electron chi connectivity index (χ2n) is 11.2. The Balaban J connectivity index is 2.57. The maximum atomic E-state index is 14.1. The Kier molecular flexibility index (Phi) is 11.9. The predicted octanol–water partition coefficient (Wildman–Crippen LogP) is 6.44. The average molecular weight is 556 g/mol. The molecule has 0 radical (unpaired) electrons. The van der Waals surface area contributed by atoms with Crippen LogP contribution in [0.4, 0.5) is 10.5 Å². The number of hydrogen-bond acceptors (Lipinski definition) is 5. The van der Waals surface area contributed by atoms with Crippen LogP contribution in [0.1, 0.15) is 80.8 Å². The first-order valence-corrected chi connectivity index (χ1v) is 14.3. The quantitative estimate of drug-likeness (QED) is 0.220. The molecule has 7 nitrogen and oxygen atoms in total. The van der Waals surface area contributed by atoms with Crippen LogP contribution in [0.3, 0.4) is 0 Å². The van der Waals surface area contributed by atoms with Gasteiger partial charge in [-0.25, -0.2) is 4.79 Å². The summed E-state index contributed by atoms with van der Waals surface area (Å²) in [7, 11) is 0. The highest BCUT2D eigenvalue weighted by Gasteiger charge is 2.36. The van der Waals surface area contributed by atoms with Crippen molar-refractivity contribution in [1.82, 2.24) is 10.2 Å². The van der Waals surface area contributed by atoms with Gasteiger partial charge in [-0.1, -0.05) is 67.3 Å². The normalized spacial score (nSPS) is 12.8. The molecule has 2 N–H and O–H groups in total. The molecule has 2 atom stereocenters. The maximum Gasteiger partial charge on any atom is 0.408 e. The first-order valence-electron chi connectivity index (χ1n) is 13.6. The Labute approximate surface area is 239 Å². The van der Waals surface area contributed by atoms with Crippen LogP contribution in [-0.2, 0) is 14.3 Å². The number of para-hydroxylation sites is 1. The van der Waals surface area contributed by atoms with E-state index >= 15 is 0 Å². The van der Waals surface area contributed by atoms with Crippen molar-refractivity contribution in [3.05, 3.63) is 64.2 Å². The number of aryl methyl sites for hydroxylation is 4. The minimum atomic E-state index is -0.966. The zero-order valence-electron chi connectivity index (χ0n) is 24.7. The number of unbranched alkanes of at least 4 members (excludes halogenated alkanes) is 2. The summed E-state index contributed by atoms with van der Waals surface area (Å²) < 4.78 is 5.39. The van der Waals surface area contributed by atoms with E-state index in [0.29, 0.717) is 13.0 Å². The molecule has 0 aromatic heterocycles. The first-order chi connectivity index (χ1) is 18.3. The van der Waals surface area contributed by atoms with Crippen molar-refractivity contribution in [1.29, 1.82) is 0 Å². The number of rotatable bonds is 11. The van der Waals surface area contributed by atoms with Gasteiger partial charge in [0.1, 0.15) is 17.7 Å². The highest BCUT2D eigenvalue weighted by atomic mass is 32.1. The summed E-state index contributed by atoms with van der Waals surface area (Å²) in [5.74, 6) is -0.634. The van der Waals surface area contributed by atoms with Gasteiger partial charge in [-0.3, -0.25) is 9.59 Å². The molecule has 0 saturated carbocycles. The van der Waals surface area contributed by atoms with Gasteiger partial charge in [0, 0.05) is 18.0 Å². The molecule has 2 rings (SSSR count). The third-order valence-corrected chi connectivity index (χ3v) is 6.67. The lowest BCUT2D eigenvalue weighted by Gasteiger charge is -2.34. The van der Waals surface area contributed by atoms with E-state index in [9.17, 15) is 14.4 Å². The summed E-state index contributed by atoms with van der Waals surface area (Å²) >= 11 is 4.37. The lowest BCUT2D eigenvalue weighted by molar-refractivity contribution is -0.140. The Bertz CT molecular complexity index is 1120. The molecule has 0 aliphatic rings. The zero-order valence-corrected chi connectivity index (χ0v) is 25.6. The Morgan fingerprint density at radius 2 is 1.56 bits per heavy atom. The van der Waals surface area contributed by atoms with Gasteiger partial charge in [-0.2, -0.15) is 12.6 Å². The minimum Gasteiger partial charge on any atom is -0.444 e. The van der Waals surface area contributed by atoms with Crippen LogP contribution in [0, 0.1) is 27.7 Å². The van der Waals surface area contributed by atoms with Gasteiger partial charge >= 0.3 is 6.09 Å². The number of alkyl carbamates (subject to hydrolysis) is 1. The topological polar surface area (TPSA) is 87.7 Å². The fourth-order valence-electron chi connectivity index (χ4n) is 4.58. The van der Waals surface area contributed by atoms with Gasteiger partial charge in [0.25, 0.3) is 5.91 Å². The van der Waals surface area contributed by atoms with Crippen LogP contribution in [-0.4, -0.2) is 46.7 Å². The second kappa shape index (κ2) is 14.4. The number of benzene rings is 2. The van der Waals surface area contributed by atoms with Crippen molar-refractivity contribution in [3.63, 3.8) is 0 Å². The van der Waals surface area contributed by atoms with E-state index in [1.165, 1.54) is 0 Å². The van der Waals surface area contributed by atoms with Crippen LogP contribution in [0.5, 0.6) is 0 Å². The van der Waals surface area contributed by atoms with Gasteiger partial charge in [-0.15, -0.1) is 0 Å². The molecule has 2 aromatic rings. The molecule has 214 valence electrons. The fourth-order valence-corrected chi connectivity index (χ4v) is 4.83. The molecular formula is C31H45N3O4S. The van der Waals surface area contributed by atoms with E-state index in [4.69, 9.17) is 4.74 Å². The van der Waals surface area contributed by atoms with E-state index in [1.807, 2.05) is 64.1 Å². The third-order valence-electron chi connectivity index (χ3n) is 6.31. The molecule has 2 aromatic carbocycles. The summed E-state index contributed by atoms with van der Waals surface area (Å²) in [5, 5.41) is 5.78. The molecule has 0 spiro atoms. The third kappa shape index (κ3) is 9.60. The molecule has 39 heavy (non-hydrogen) atoms. The van der Waals surface area contributed by atoms with Crippen LogP contribution in [0.25, 0.3) is 0 Å². The van der Waals surface area contributed by atoms with Gasteiger partial charge in [0.2, 0.25) is 5.91 Å². The Hall–Kier alpha value is -3.00. The Morgan fingerprint density at radius 3 is 2.08 bits per heavy atom. The monoisotopic (exact) mass is 555 g/mol. The van der Waals surface area contributed by atoms with Crippen molar-refractivity contribution in [2.24, 2.45) is 0 Å². The van der Waals surface area contributed by atoms with Crippen molar-refractivity contribution in [2.45, 2.75) is 92.3 Å². The number of hydrogen-bond donors (Lipinski definition) is 3. The van der Waals surface area contributed by atoms with Gasteiger partial charge in [0.15, 0.2) is 0 Å². The molecule has 2 unspecified atom stereocenters. The smallest absolute Gasteiger partial charge is 0.408 e. The highest BCUT2D eigenvalue weighted by Crippen LogP contribution is 2.29. The van der Waals surface area contributed by atoms with Crippen LogP contribution in [0.2, 0.25) is 0 Å². The van der Waals surface area contributed by atoms with Crippen LogP contribution < -0.4 is 10.6 Å². The number of anilines is 1. The summed E-state index contributed by atoms with van der Waals surface area (Å²) in [6, 6.07) is 9.88. The van der Waals surface area contributed by atoms with Gasteiger partial charge in [0.05, 0.1) is 0 Å². The number of nitrogens with one attached hydrogen (secondary N) is 2. The lowest BCUT2D eigenvalue weighted by atomic mass is 9.97. The summed E-state index contributed by atoms with van der Waals surface area (Å²) in [5.41, 5.74) is 4.59. The molecule has 0 bridgehead atoms. The molecule has 0 saturated heterocycles. The van der Waals surface area contributed by atoms with Crippen molar-refractivity contribution >= 4 is 36.2 Å². The standard InChI is InChI=1S/C31H45N3O4S/c1-9-10-11-15-34(29(36)25(19-39)32-30(37)38-31(6,7)8)27(24-17-20(2)16-21(3)18-24)28(35)33-26-22(4)13-12-14-23(26)5/h12-14,16-18,25,27,39H,9-11,15,19H2,1-8H3,(H,32,37)(H,33,35). The van der Waals surface area contributed by atoms with Crippen LogP contribution >= 0.6 is 12.6 Å². The second-order valence-corrected chi connectivity index (χ2v) is 11.6. The number of thiol groups is 1. The Morgan fingerprint density at radius 1 is 0.974 bits per heavy atom. The van der Waals surface area contributed by atoms with Crippen molar-refractivity contribution < 1.29 is 19.1 Å². The van der Waals surface area contributed by atoms with Gasteiger partial charge in [-0.05, 0) is 71.6 Å². The molecule has 3 amide bonds. The summed E-state index contributed by atoms with van der Waals surface area (Å²) in [6.45, 7) is 15.5. The zero-order chi connectivity index (χ0) is 29.3. The van der Waals surface area contributed by atoms with Crippen LogP contribution in [0.15, 0.2) is 36.4 Å². The van der Waals surface area contributed by atoms with Gasteiger partial charge < -0.3 is 20.3 Å². The van der Waals surface area contributed by atoms with Crippen molar-refractivity contribution in [3.8, 4) is 0 Å². The lowest BCUT2D eigenvalue weighted by Crippen LogP contribution is -2.53. The molecule has 0 heterocycles. The SMILES string of the molecule is CCCCCN(C(=O)C(CS)NC(=O)OC(C)(C)C)C(C(=O)Nc1c(C)cccc1C)c1cc(C)cc(C)c1.